The molecule has 0 spiro atoms. The van der Waals surface area contributed by atoms with E-state index in [1.807, 2.05) is 66.7 Å². The second kappa shape index (κ2) is 8.97. The van der Waals surface area contributed by atoms with Gasteiger partial charge in [-0.15, -0.1) is 0 Å². The number of Topliss-reactive ketones (excluding diaryl/α,β-unsaturated/α-hetero) is 1. The zero-order chi connectivity index (χ0) is 18.2. The van der Waals surface area contributed by atoms with E-state index in [2.05, 4.69) is 30.1 Å². The van der Waals surface area contributed by atoms with Gasteiger partial charge in [-0.1, -0.05) is 78.9 Å². The van der Waals surface area contributed by atoms with E-state index >= 15 is 0 Å². The molecule has 3 nitrogen and oxygen atoms in total. The predicted octanol–water partition coefficient (Wildman–Crippen LogP) is 4.72. The molecule has 0 heterocycles. The quantitative estimate of drug-likeness (QED) is 0.553. The Kier molecular flexibility index (Phi) is 6.18. The van der Waals surface area contributed by atoms with Crippen LogP contribution in [0.5, 0.6) is 0 Å². The zero-order valence-electron chi connectivity index (χ0n) is 15.0. The van der Waals surface area contributed by atoms with Crippen molar-refractivity contribution in [3.63, 3.8) is 0 Å². The van der Waals surface area contributed by atoms with Crippen molar-refractivity contribution in [2.45, 2.75) is 13.2 Å². The third-order valence-electron chi connectivity index (χ3n) is 4.25. The monoisotopic (exact) mass is 345 g/mol. The largest absolute Gasteiger partial charge is 0.370 e. The summed E-state index contributed by atoms with van der Waals surface area (Å²) in [6.07, 6.45) is 0. The fraction of sp³-hybridized carbons (Fsp3) is 0.174. The van der Waals surface area contributed by atoms with Crippen LogP contribution in [0.15, 0.2) is 84.9 Å². The molecule has 0 aliphatic carbocycles. The minimum absolute atomic E-state index is 0.000668. The van der Waals surface area contributed by atoms with Crippen molar-refractivity contribution in [3.8, 4) is 0 Å². The van der Waals surface area contributed by atoms with Crippen molar-refractivity contribution in [2.24, 2.45) is 0 Å². The first-order chi connectivity index (χ1) is 12.7. The highest BCUT2D eigenvalue weighted by Crippen LogP contribution is 2.22. The number of carbonyl (C=O) groups is 1. The van der Waals surface area contributed by atoms with Crippen LogP contribution in [0.1, 0.15) is 21.5 Å². The number of hydrogen-bond acceptors (Lipinski definition) is 3. The average molecular weight is 345 g/mol. The number of ketones is 1. The van der Waals surface area contributed by atoms with E-state index in [1.54, 1.807) is 0 Å². The van der Waals surface area contributed by atoms with Crippen LogP contribution < -0.4 is 4.90 Å². The second-order valence-corrected chi connectivity index (χ2v) is 6.25. The molecule has 0 bridgehead atoms. The number of anilines is 1. The van der Waals surface area contributed by atoms with Crippen LogP contribution in [0.2, 0.25) is 0 Å². The van der Waals surface area contributed by atoms with Crippen LogP contribution >= 0.6 is 0 Å². The Balaban J connectivity index is 1.61. The molecule has 0 aliphatic heterocycles. The molecule has 26 heavy (non-hydrogen) atoms. The summed E-state index contributed by atoms with van der Waals surface area (Å²) in [5.41, 5.74) is 4.13. The van der Waals surface area contributed by atoms with Gasteiger partial charge in [0.05, 0.1) is 6.61 Å². The first kappa shape index (κ1) is 17.9. The molecule has 0 aliphatic rings. The van der Waals surface area contributed by atoms with Crippen LogP contribution in [0, 0.1) is 0 Å². The second-order valence-electron chi connectivity index (χ2n) is 6.25. The maximum absolute atomic E-state index is 12.2. The molecule has 0 radical (unpaired) electrons. The van der Waals surface area contributed by atoms with Crippen molar-refractivity contribution in [3.05, 3.63) is 102 Å². The summed E-state index contributed by atoms with van der Waals surface area (Å²) in [7, 11) is 2.07. The van der Waals surface area contributed by atoms with Gasteiger partial charge in [0.2, 0.25) is 0 Å². The van der Waals surface area contributed by atoms with Gasteiger partial charge in [-0.2, -0.15) is 0 Å². The summed E-state index contributed by atoms with van der Waals surface area (Å²) >= 11 is 0. The third-order valence-corrected chi connectivity index (χ3v) is 4.25. The Morgan fingerprint density at radius 3 is 2.19 bits per heavy atom. The molecule has 3 heteroatoms. The molecule has 0 atom stereocenters. The van der Waals surface area contributed by atoms with Gasteiger partial charge in [0.25, 0.3) is 0 Å². The summed E-state index contributed by atoms with van der Waals surface area (Å²) in [6, 6.07) is 27.8. The van der Waals surface area contributed by atoms with Crippen molar-refractivity contribution < 1.29 is 9.53 Å². The normalized spacial score (nSPS) is 10.5. The Bertz CT molecular complexity index is 831. The number of nitrogens with zero attached hydrogens (tertiary/aromatic N) is 1. The van der Waals surface area contributed by atoms with E-state index in [4.69, 9.17) is 4.74 Å². The molecule has 3 rings (SSSR count). The molecule has 0 saturated heterocycles. The van der Waals surface area contributed by atoms with Crippen LogP contribution in [0.4, 0.5) is 5.69 Å². The number of benzene rings is 3. The molecular formula is C23H23NO2. The number of hydrogen-bond donors (Lipinski definition) is 0. The summed E-state index contributed by atoms with van der Waals surface area (Å²) in [6.45, 7) is 1.31. The van der Waals surface area contributed by atoms with Gasteiger partial charge in [0.15, 0.2) is 5.78 Å². The van der Waals surface area contributed by atoms with Gasteiger partial charge < -0.3 is 9.64 Å². The number of para-hydroxylation sites is 1. The first-order valence-corrected chi connectivity index (χ1v) is 8.73. The minimum Gasteiger partial charge on any atom is -0.370 e. The maximum atomic E-state index is 12.2. The molecule has 0 N–H and O–H groups in total. The zero-order valence-corrected chi connectivity index (χ0v) is 15.0. The fourth-order valence-electron chi connectivity index (χ4n) is 2.91. The van der Waals surface area contributed by atoms with Gasteiger partial charge in [0, 0.05) is 30.4 Å². The Hall–Kier alpha value is -2.91. The van der Waals surface area contributed by atoms with E-state index in [0.29, 0.717) is 12.2 Å². The van der Waals surface area contributed by atoms with E-state index in [9.17, 15) is 4.79 Å². The predicted molar refractivity (Wildman–Crippen MR) is 105 cm³/mol. The third kappa shape index (κ3) is 4.80. The highest BCUT2D eigenvalue weighted by molar-refractivity contribution is 5.97. The highest BCUT2D eigenvalue weighted by Gasteiger charge is 2.10. The van der Waals surface area contributed by atoms with E-state index in [1.165, 1.54) is 5.56 Å². The Morgan fingerprint density at radius 1 is 0.846 bits per heavy atom. The van der Waals surface area contributed by atoms with E-state index in [0.717, 1.165) is 17.8 Å². The summed E-state index contributed by atoms with van der Waals surface area (Å²) in [5, 5.41) is 0. The van der Waals surface area contributed by atoms with Gasteiger partial charge in [-0.05, 0) is 11.6 Å². The molecule has 0 fully saturated rings. The maximum Gasteiger partial charge on any atom is 0.188 e. The molecule has 132 valence electrons. The summed E-state index contributed by atoms with van der Waals surface area (Å²) in [4.78, 5) is 14.4. The van der Waals surface area contributed by atoms with Gasteiger partial charge >= 0.3 is 0 Å². The molecule has 0 aromatic heterocycles. The molecule has 0 saturated carbocycles. The van der Waals surface area contributed by atoms with Crippen LogP contribution in [0.25, 0.3) is 0 Å². The van der Waals surface area contributed by atoms with Crippen molar-refractivity contribution in [1.29, 1.82) is 0 Å². The van der Waals surface area contributed by atoms with Crippen LogP contribution in [0.3, 0.4) is 0 Å². The number of rotatable bonds is 8. The lowest BCUT2D eigenvalue weighted by Gasteiger charge is -2.22. The van der Waals surface area contributed by atoms with Crippen molar-refractivity contribution in [1.82, 2.24) is 0 Å². The summed E-state index contributed by atoms with van der Waals surface area (Å²) in [5.74, 6) is 0.000668. The lowest BCUT2D eigenvalue weighted by atomic mass is 10.1. The van der Waals surface area contributed by atoms with Gasteiger partial charge in [-0.3, -0.25) is 4.79 Å². The first-order valence-electron chi connectivity index (χ1n) is 8.73. The molecule has 3 aromatic rings. The lowest BCUT2D eigenvalue weighted by Crippen LogP contribution is -2.18. The van der Waals surface area contributed by atoms with Crippen molar-refractivity contribution in [2.75, 3.05) is 18.6 Å². The van der Waals surface area contributed by atoms with E-state index in [-0.39, 0.29) is 12.4 Å². The van der Waals surface area contributed by atoms with E-state index < -0.39 is 0 Å². The number of carbonyl (C=O) groups excluding carboxylic acids is 1. The van der Waals surface area contributed by atoms with Gasteiger partial charge in [-0.25, -0.2) is 0 Å². The SMILES string of the molecule is CN(Cc1ccccc1)c1ccccc1COCC(=O)c1ccccc1. The summed E-state index contributed by atoms with van der Waals surface area (Å²) < 4.78 is 5.70. The molecule has 3 aromatic carbocycles. The molecular weight excluding hydrogens is 322 g/mol. The smallest absolute Gasteiger partial charge is 0.188 e. The standard InChI is InChI=1S/C23H23NO2/c1-24(16-19-10-4-2-5-11-19)22-15-9-8-14-21(22)17-26-18-23(25)20-12-6-3-7-13-20/h2-15H,16-18H2,1H3. The Morgan fingerprint density at radius 2 is 1.46 bits per heavy atom. The number of ether oxygens (including phenoxy) is 1. The van der Waals surface area contributed by atoms with Crippen LogP contribution in [-0.2, 0) is 17.9 Å². The molecule has 0 amide bonds. The Labute approximate surface area is 154 Å². The van der Waals surface area contributed by atoms with Crippen molar-refractivity contribution >= 4 is 11.5 Å². The lowest BCUT2D eigenvalue weighted by molar-refractivity contribution is 0.0727. The minimum atomic E-state index is 0.000668. The topological polar surface area (TPSA) is 29.5 Å². The fourth-order valence-corrected chi connectivity index (χ4v) is 2.91. The van der Waals surface area contributed by atoms with Gasteiger partial charge in [0.1, 0.15) is 6.61 Å². The van der Waals surface area contributed by atoms with Crippen LogP contribution in [-0.4, -0.2) is 19.4 Å². The average Bonchev–Trinajstić information content (AvgIpc) is 2.69. The highest BCUT2D eigenvalue weighted by atomic mass is 16.5. The molecule has 0 unspecified atom stereocenters.